The number of hydrogen-bond donors (Lipinski definition) is 0. The van der Waals surface area contributed by atoms with Crippen LogP contribution in [0.5, 0.6) is 11.6 Å². The Bertz CT molecular complexity index is 979. The summed E-state index contributed by atoms with van der Waals surface area (Å²) in [5, 5.41) is 0. The van der Waals surface area contributed by atoms with Crippen LogP contribution in [0, 0.1) is 12.8 Å². The number of methoxy groups -OCH3 is 2. The Kier molecular flexibility index (Phi) is 7.50. The second-order valence-corrected chi connectivity index (χ2v) is 8.53. The van der Waals surface area contributed by atoms with Gasteiger partial charge in [-0.25, -0.2) is 0 Å². The first-order valence-corrected chi connectivity index (χ1v) is 11.3. The molecule has 0 N–H and O–H groups in total. The lowest BCUT2D eigenvalue weighted by Crippen LogP contribution is -2.28. The average molecular weight is 444 g/mol. The predicted octanol–water partition coefficient (Wildman–Crippen LogP) is 3.23. The fraction of sp³-hybridized carbons (Fsp3) is 0.560. The maximum absolute atomic E-state index is 12.7. The molecule has 0 radical (unpaired) electrons. The molecular weight excluding hydrogens is 410 g/mol. The Morgan fingerprint density at radius 1 is 1.12 bits per heavy atom. The molecule has 0 aliphatic carbocycles. The van der Waals surface area contributed by atoms with Gasteiger partial charge in [0, 0.05) is 51.2 Å². The summed E-state index contributed by atoms with van der Waals surface area (Å²) in [5.41, 5.74) is 3.89. The molecule has 2 aliphatic heterocycles. The van der Waals surface area contributed by atoms with Crippen LogP contribution in [0.2, 0.25) is 0 Å². The van der Waals surface area contributed by atoms with E-state index in [4.69, 9.17) is 23.7 Å². The van der Waals surface area contributed by atoms with Gasteiger partial charge < -0.3 is 28.3 Å². The van der Waals surface area contributed by atoms with Crippen molar-refractivity contribution < 1.29 is 23.7 Å². The van der Waals surface area contributed by atoms with Crippen molar-refractivity contribution in [1.82, 2.24) is 4.57 Å². The molecule has 174 valence electrons. The Hall–Kier alpha value is -2.35. The molecule has 1 saturated heterocycles. The van der Waals surface area contributed by atoms with Crippen molar-refractivity contribution in [2.45, 2.75) is 38.8 Å². The Labute approximate surface area is 189 Å². The van der Waals surface area contributed by atoms with E-state index in [-0.39, 0.29) is 11.5 Å². The molecule has 1 aromatic carbocycles. The van der Waals surface area contributed by atoms with Crippen molar-refractivity contribution in [3.8, 4) is 22.9 Å². The van der Waals surface area contributed by atoms with E-state index in [1.165, 1.54) is 5.56 Å². The van der Waals surface area contributed by atoms with E-state index < -0.39 is 0 Å². The van der Waals surface area contributed by atoms with E-state index in [1.807, 2.05) is 13.0 Å². The number of benzene rings is 1. The largest absolute Gasteiger partial charge is 0.493 e. The van der Waals surface area contributed by atoms with E-state index in [0.717, 1.165) is 68.2 Å². The lowest BCUT2D eigenvalue weighted by atomic mass is 9.94. The zero-order valence-electron chi connectivity index (χ0n) is 19.2. The summed E-state index contributed by atoms with van der Waals surface area (Å²) < 4.78 is 30.2. The standard InChI is InChI=1S/C25H33NO6/c1-17-23(27)13-24(32-16-21(29-3)15-28-2)26-9-6-19-12-20(4-5-22(19)25(17)26)31-14-18-7-10-30-11-8-18/h4-5,12-13,18,21H,6-11,14-16H2,1-3H3/t21-/m0/s1. The van der Waals surface area contributed by atoms with E-state index in [1.54, 1.807) is 20.3 Å². The highest BCUT2D eigenvalue weighted by molar-refractivity contribution is 5.70. The first-order chi connectivity index (χ1) is 15.6. The van der Waals surface area contributed by atoms with Gasteiger partial charge in [-0.05, 0) is 55.9 Å². The van der Waals surface area contributed by atoms with Crippen LogP contribution in [-0.2, 0) is 27.2 Å². The van der Waals surface area contributed by atoms with Crippen molar-refractivity contribution in [2.24, 2.45) is 5.92 Å². The molecular formula is C25H33NO6. The second-order valence-electron chi connectivity index (χ2n) is 8.53. The molecule has 1 atom stereocenters. The molecule has 3 heterocycles. The maximum Gasteiger partial charge on any atom is 0.197 e. The molecule has 0 spiro atoms. The summed E-state index contributed by atoms with van der Waals surface area (Å²) in [5.74, 6) is 2.01. The van der Waals surface area contributed by atoms with Crippen LogP contribution in [0.4, 0.5) is 0 Å². The van der Waals surface area contributed by atoms with Gasteiger partial charge in [0.05, 0.1) is 18.9 Å². The molecule has 4 rings (SSSR count). The quantitative estimate of drug-likeness (QED) is 0.593. The summed E-state index contributed by atoms with van der Waals surface area (Å²) in [6.07, 6.45) is 2.76. The molecule has 7 nitrogen and oxygen atoms in total. The third-order valence-electron chi connectivity index (χ3n) is 6.38. The molecule has 0 amide bonds. The molecule has 0 bridgehead atoms. The minimum atomic E-state index is -0.195. The van der Waals surface area contributed by atoms with Crippen molar-refractivity contribution in [3.05, 3.63) is 45.6 Å². The molecule has 0 saturated carbocycles. The van der Waals surface area contributed by atoms with Crippen molar-refractivity contribution in [3.63, 3.8) is 0 Å². The van der Waals surface area contributed by atoms with Crippen LogP contribution in [0.15, 0.2) is 29.1 Å². The van der Waals surface area contributed by atoms with Gasteiger partial charge in [0.15, 0.2) is 11.3 Å². The van der Waals surface area contributed by atoms with E-state index in [2.05, 4.69) is 16.7 Å². The SMILES string of the molecule is COC[C@@H](COc1cc(=O)c(C)c2n1CCc1cc(OCC3CCOCC3)ccc1-2)OC. The lowest BCUT2D eigenvalue weighted by Gasteiger charge is -2.28. The average Bonchev–Trinajstić information content (AvgIpc) is 2.83. The Morgan fingerprint density at radius 3 is 2.69 bits per heavy atom. The Balaban J connectivity index is 1.56. The monoisotopic (exact) mass is 443 g/mol. The molecule has 1 fully saturated rings. The first kappa shape index (κ1) is 22.8. The Morgan fingerprint density at radius 2 is 1.94 bits per heavy atom. The highest BCUT2D eigenvalue weighted by Gasteiger charge is 2.23. The van der Waals surface area contributed by atoms with Gasteiger partial charge in [0.1, 0.15) is 18.5 Å². The van der Waals surface area contributed by atoms with Gasteiger partial charge in [-0.2, -0.15) is 0 Å². The van der Waals surface area contributed by atoms with E-state index in [9.17, 15) is 4.79 Å². The number of ether oxygens (including phenoxy) is 5. The summed E-state index contributed by atoms with van der Waals surface area (Å²) in [6.45, 7) is 5.73. The lowest BCUT2D eigenvalue weighted by molar-refractivity contribution is -0.000948. The minimum absolute atomic E-state index is 0.0281. The molecule has 2 aromatic rings. The zero-order valence-corrected chi connectivity index (χ0v) is 19.2. The maximum atomic E-state index is 12.7. The third kappa shape index (κ3) is 5.00. The molecule has 1 aromatic heterocycles. The van der Waals surface area contributed by atoms with Crippen LogP contribution in [-0.4, -0.2) is 57.9 Å². The van der Waals surface area contributed by atoms with Crippen LogP contribution in [0.1, 0.15) is 24.0 Å². The summed E-state index contributed by atoms with van der Waals surface area (Å²) in [7, 11) is 3.25. The summed E-state index contributed by atoms with van der Waals surface area (Å²) >= 11 is 0. The predicted molar refractivity (Wildman–Crippen MR) is 122 cm³/mol. The van der Waals surface area contributed by atoms with Crippen LogP contribution >= 0.6 is 0 Å². The fourth-order valence-corrected chi connectivity index (χ4v) is 4.42. The summed E-state index contributed by atoms with van der Waals surface area (Å²) in [4.78, 5) is 12.7. The number of aromatic nitrogens is 1. The number of nitrogens with zero attached hydrogens (tertiary/aromatic N) is 1. The van der Waals surface area contributed by atoms with Crippen molar-refractivity contribution in [1.29, 1.82) is 0 Å². The fourth-order valence-electron chi connectivity index (χ4n) is 4.42. The van der Waals surface area contributed by atoms with Crippen molar-refractivity contribution >= 4 is 0 Å². The van der Waals surface area contributed by atoms with Gasteiger partial charge in [0.25, 0.3) is 0 Å². The number of rotatable bonds is 9. The van der Waals surface area contributed by atoms with Gasteiger partial charge in [-0.3, -0.25) is 4.79 Å². The van der Waals surface area contributed by atoms with Gasteiger partial charge >= 0.3 is 0 Å². The molecule has 0 unspecified atom stereocenters. The minimum Gasteiger partial charge on any atom is -0.493 e. The molecule has 7 heteroatoms. The number of aryl methyl sites for hydroxylation is 1. The van der Waals surface area contributed by atoms with Crippen LogP contribution < -0.4 is 14.9 Å². The number of pyridine rings is 1. The highest BCUT2D eigenvalue weighted by atomic mass is 16.6. The summed E-state index contributed by atoms with van der Waals surface area (Å²) in [6, 6.07) is 7.77. The van der Waals surface area contributed by atoms with Crippen LogP contribution in [0.3, 0.4) is 0 Å². The number of fused-ring (bicyclic) bond motifs is 3. The zero-order chi connectivity index (χ0) is 22.5. The van der Waals surface area contributed by atoms with Gasteiger partial charge in [0.2, 0.25) is 0 Å². The molecule has 2 aliphatic rings. The topological polar surface area (TPSA) is 68.2 Å². The molecule has 32 heavy (non-hydrogen) atoms. The third-order valence-corrected chi connectivity index (χ3v) is 6.38. The first-order valence-electron chi connectivity index (χ1n) is 11.3. The van der Waals surface area contributed by atoms with Gasteiger partial charge in [-0.15, -0.1) is 0 Å². The highest BCUT2D eigenvalue weighted by Crippen LogP contribution is 2.36. The normalized spacial score (nSPS) is 16.8. The van der Waals surface area contributed by atoms with E-state index in [0.29, 0.717) is 25.0 Å². The smallest absolute Gasteiger partial charge is 0.197 e. The number of hydrogen-bond acceptors (Lipinski definition) is 6. The second kappa shape index (κ2) is 10.5. The van der Waals surface area contributed by atoms with E-state index >= 15 is 0 Å². The van der Waals surface area contributed by atoms with Crippen molar-refractivity contribution in [2.75, 3.05) is 47.3 Å². The van der Waals surface area contributed by atoms with Crippen LogP contribution in [0.25, 0.3) is 11.3 Å². The van der Waals surface area contributed by atoms with Gasteiger partial charge in [-0.1, -0.05) is 0 Å².